The molecule has 2 atom stereocenters. The third kappa shape index (κ3) is 6.94. The van der Waals surface area contributed by atoms with Crippen molar-refractivity contribution in [2.24, 2.45) is 11.8 Å². The fourth-order valence-electron chi connectivity index (χ4n) is 3.97. The van der Waals surface area contributed by atoms with Gasteiger partial charge in [0.15, 0.2) is 0 Å². The first-order chi connectivity index (χ1) is 14.5. The number of benzene rings is 1. The van der Waals surface area contributed by atoms with Crippen LogP contribution < -0.4 is 5.32 Å². The number of nitrogens with zero attached hydrogens (tertiary/aromatic N) is 1. The van der Waals surface area contributed by atoms with E-state index in [-0.39, 0.29) is 47.2 Å². The maximum atomic E-state index is 13.0. The SMILES string of the molecule is CC/C(=C\[C@H](C(C)C)N(C)C(=O)CNC(=O)[C@@H](CC)C(C)(C)c1ccccc1)C(=O)O. The van der Waals surface area contributed by atoms with Crippen LogP contribution in [0.1, 0.15) is 59.9 Å². The van der Waals surface area contributed by atoms with Crippen LogP contribution in [0.2, 0.25) is 0 Å². The van der Waals surface area contributed by atoms with E-state index >= 15 is 0 Å². The molecule has 6 heteroatoms. The normalized spacial score (nSPS) is 14.1. The van der Waals surface area contributed by atoms with Crippen molar-refractivity contribution in [2.75, 3.05) is 13.6 Å². The van der Waals surface area contributed by atoms with Gasteiger partial charge in [0.25, 0.3) is 0 Å². The lowest BCUT2D eigenvalue weighted by Crippen LogP contribution is -2.48. The summed E-state index contributed by atoms with van der Waals surface area (Å²) in [7, 11) is 1.65. The Balaban J connectivity index is 2.91. The van der Waals surface area contributed by atoms with Crippen LogP contribution in [0.25, 0.3) is 0 Å². The molecule has 1 aromatic rings. The third-order valence-electron chi connectivity index (χ3n) is 6.08. The number of nitrogens with one attached hydrogen (secondary N) is 1. The summed E-state index contributed by atoms with van der Waals surface area (Å²) in [5.41, 5.74) is 0.972. The van der Waals surface area contributed by atoms with Gasteiger partial charge >= 0.3 is 5.97 Å². The molecule has 0 saturated carbocycles. The maximum Gasteiger partial charge on any atom is 0.331 e. The van der Waals surface area contributed by atoms with Gasteiger partial charge in [-0.15, -0.1) is 0 Å². The molecular formula is C25H38N2O4. The molecule has 0 saturated heterocycles. The lowest BCUT2D eigenvalue weighted by Gasteiger charge is -2.34. The first-order valence-electron chi connectivity index (χ1n) is 11.0. The van der Waals surface area contributed by atoms with E-state index in [2.05, 4.69) is 5.32 Å². The molecule has 2 N–H and O–H groups in total. The number of hydrogen-bond donors (Lipinski definition) is 2. The van der Waals surface area contributed by atoms with Gasteiger partial charge in [0.05, 0.1) is 12.6 Å². The quantitative estimate of drug-likeness (QED) is 0.519. The standard InChI is InChI=1S/C25H38N2O4/c1-8-18(24(30)31)15-21(17(3)4)27(7)22(28)16-26-23(29)20(9-2)25(5,6)19-13-11-10-12-14-19/h10-15,17,20-21H,8-9,16H2,1-7H3,(H,26,29)(H,30,31)/b18-15+/t20-,21-/m1/s1. The molecule has 0 bridgehead atoms. The molecule has 0 fully saturated rings. The van der Waals surface area contributed by atoms with E-state index in [1.54, 1.807) is 20.0 Å². The maximum absolute atomic E-state index is 13.0. The van der Waals surface area contributed by atoms with Gasteiger partial charge in [-0.25, -0.2) is 4.79 Å². The van der Waals surface area contributed by atoms with Crippen molar-refractivity contribution < 1.29 is 19.5 Å². The Morgan fingerprint density at radius 1 is 1.13 bits per heavy atom. The van der Waals surface area contributed by atoms with E-state index in [1.807, 2.05) is 65.0 Å². The summed E-state index contributed by atoms with van der Waals surface area (Å²) in [6.07, 6.45) is 2.66. The lowest BCUT2D eigenvalue weighted by molar-refractivity contribution is -0.135. The van der Waals surface area contributed by atoms with Crippen molar-refractivity contribution in [3.8, 4) is 0 Å². The van der Waals surface area contributed by atoms with Gasteiger partial charge in [0, 0.05) is 24.0 Å². The predicted molar refractivity (Wildman–Crippen MR) is 124 cm³/mol. The van der Waals surface area contributed by atoms with Gasteiger partial charge in [0.2, 0.25) is 11.8 Å². The molecule has 0 aliphatic heterocycles. The van der Waals surface area contributed by atoms with Crippen molar-refractivity contribution in [3.63, 3.8) is 0 Å². The topological polar surface area (TPSA) is 86.7 Å². The average Bonchev–Trinajstić information content (AvgIpc) is 2.72. The number of rotatable bonds is 11. The first-order valence-corrected chi connectivity index (χ1v) is 11.0. The number of amides is 2. The average molecular weight is 431 g/mol. The summed E-state index contributed by atoms with van der Waals surface area (Å²) in [4.78, 5) is 38.7. The van der Waals surface area contributed by atoms with Crippen LogP contribution in [0.15, 0.2) is 42.0 Å². The molecule has 2 amide bonds. The van der Waals surface area contributed by atoms with Gasteiger partial charge in [-0.3, -0.25) is 9.59 Å². The molecule has 6 nitrogen and oxygen atoms in total. The zero-order chi connectivity index (χ0) is 23.8. The molecule has 0 radical (unpaired) electrons. The Bertz CT molecular complexity index is 784. The third-order valence-corrected chi connectivity index (χ3v) is 6.08. The van der Waals surface area contributed by atoms with Gasteiger partial charge in [0.1, 0.15) is 0 Å². The highest BCUT2D eigenvalue weighted by Crippen LogP contribution is 2.33. The monoisotopic (exact) mass is 430 g/mol. The fraction of sp³-hybridized carbons (Fsp3) is 0.560. The molecule has 1 aromatic carbocycles. The molecule has 1 rings (SSSR count). The molecule has 0 unspecified atom stereocenters. The summed E-state index contributed by atoms with van der Waals surface area (Å²) in [6.45, 7) is 11.6. The molecule has 0 heterocycles. The van der Waals surface area contributed by atoms with Crippen LogP contribution >= 0.6 is 0 Å². The van der Waals surface area contributed by atoms with Crippen molar-refractivity contribution in [3.05, 3.63) is 47.5 Å². The second kappa shape index (κ2) is 11.7. The number of carboxylic acids is 1. The Morgan fingerprint density at radius 3 is 2.16 bits per heavy atom. The highest BCUT2D eigenvalue weighted by atomic mass is 16.4. The minimum absolute atomic E-state index is 0.0333. The van der Waals surface area contributed by atoms with Crippen molar-refractivity contribution in [1.82, 2.24) is 10.2 Å². The second-order valence-corrected chi connectivity index (χ2v) is 8.86. The first kappa shape index (κ1) is 26.4. The summed E-state index contributed by atoms with van der Waals surface area (Å²) < 4.78 is 0. The smallest absolute Gasteiger partial charge is 0.331 e. The van der Waals surface area contributed by atoms with Gasteiger partial charge < -0.3 is 15.3 Å². The Labute approximate surface area is 186 Å². The van der Waals surface area contributed by atoms with Gasteiger partial charge in [-0.1, -0.05) is 78.0 Å². The van der Waals surface area contributed by atoms with E-state index in [4.69, 9.17) is 0 Å². The van der Waals surface area contributed by atoms with E-state index < -0.39 is 5.97 Å². The Hall–Kier alpha value is -2.63. The number of carboxylic acid groups (broad SMARTS) is 1. The van der Waals surface area contributed by atoms with E-state index in [1.165, 1.54) is 4.90 Å². The lowest BCUT2D eigenvalue weighted by atomic mass is 9.71. The van der Waals surface area contributed by atoms with Crippen molar-refractivity contribution >= 4 is 17.8 Å². The van der Waals surface area contributed by atoms with E-state index in [9.17, 15) is 19.5 Å². The summed E-state index contributed by atoms with van der Waals surface area (Å²) >= 11 is 0. The zero-order valence-electron chi connectivity index (χ0n) is 19.9. The molecule has 172 valence electrons. The summed E-state index contributed by atoms with van der Waals surface area (Å²) in [5, 5.41) is 12.1. The Kier molecular flexibility index (Phi) is 9.95. The molecule has 0 aromatic heterocycles. The number of carbonyl (C=O) groups is 3. The molecule has 0 spiro atoms. The molecular weight excluding hydrogens is 392 g/mol. The van der Waals surface area contributed by atoms with Crippen LogP contribution in [0.3, 0.4) is 0 Å². The van der Waals surface area contributed by atoms with Crippen LogP contribution in [0, 0.1) is 11.8 Å². The van der Waals surface area contributed by atoms with Crippen molar-refractivity contribution in [2.45, 2.75) is 65.8 Å². The largest absolute Gasteiger partial charge is 0.478 e. The van der Waals surface area contributed by atoms with Crippen LogP contribution in [-0.2, 0) is 19.8 Å². The zero-order valence-corrected chi connectivity index (χ0v) is 19.9. The highest BCUT2D eigenvalue weighted by Gasteiger charge is 2.35. The number of likely N-dealkylation sites (N-methyl/N-ethyl adjacent to an activating group) is 1. The van der Waals surface area contributed by atoms with Crippen LogP contribution in [-0.4, -0.2) is 47.4 Å². The Morgan fingerprint density at radius 2 is 1.71 bits per heavy atom. The molecule has 31 heavy (non-hydrogen) atoms. The number of carbonyl (C=O) groups excluding carboxylic acids is 2. The minimum atomic E-state index is -0.976. The number of aliphatic carboxylic acids is 1. The summed E-state index contributed by atoms with van der Waals surface area (Å²) in [5.74, 6) is -1.64. The van der Waals surface area contributed by atoms with Crippen LogP contribution in [0.4, 0.5) is 0 Å². The van der Waals surface area contributed by atoms with Crippen LogP contribution in [0.5, 0.6) is 0 Å². The fourth-order valence-corrected chi connectivity index (χ4v) is 3.97. The molecule has 0 aliphatic rings. The van der Waals surface area contributed by atoms with E-state index in [0.29, 0.717) is 12.8 Å². The second-order valence-electron chi connectivity index (χ2n) is 8.86. The van der Waals surface area contributed by atoms with Gasteiger partial charge in [-0.05, 0) is 24.3 Å². The van der Waals surface area contributed by atoms with Crippen molar-refractivity contribution in [1.29, 1.82) is 0 Å². The van der Waals surface area contributed by atoms with E-state index in [0.717, 1.165) is 5.56 Å². The summed E-state index contributed by atoms with van der Waals surface area (Å²) in [6, 6.07) is 9.54. The number of hydrogen-bond acceptors (Lipinski definition) is 3. The highest BCUT2D eigenvalue weighted by molar-refractivity contribution is 5.88. The molecule has 0 aliphatic carbocycles. The predicted octanol–water partition coefficient (Wildman–Crippen LogP) is 4.01. The minimum Gasteiger partial charge on any atom is -0.478 e. The van der Waals surface area contributed by atoms with Gasteiger partial charge in [-0.2, -0.15) is 0 Å².